The number of nitro groups is 1. The molecule has 2 aromatic carbocycles. The fourth-order valence-corrected chi connectivity index (χ4v) is 2.26. The van der Waals surface area contributed by atoms with Gasteiger partial charge in [0.1, 0.15) is 5.75 Å². The summed E-state index contributed by atoms with van der Waals surface area (Å²) in [7, 11) is 0. The quantitative estimate of drug-likeness (QED) is 0.586. The summed E-state index contributed by atoms with van der Waals surface area (Å²) in [6.07, 6.45) is 0.517. The van der Waals surface area contributed by atoms with Crippen LogP contribution in [0.2, 0.25) is 0 Å². The fourth-order valence-electron chi connectivity index (χ4n) is 2.26. The van der Waals surface area contributed by atoms with Crippen LogP contribution in [0.5, 0.6) is 5.75 Å². The van der Waals surface area contributed by atoms with Crippen molar-refractivity contribution in [2.45, 2.75) is 26.2 Å². The average Bonchev–Trinajstić information content (AvgIpc) is 2.48. The van der Waals surface area contributed by atoms with E-state index in [0.29, 0.717) is 24.5 Å². The Morgan fingerprint density at radius 1 is 1.10 bits per heavy atom. The predicted molar refractivity (Wildman–Crippen MR) is 82.8 cm³/mol. The van der Waals surface area contributed by atoms with Crippen LogP contribution in [-0.4, -0.2) is 11.5 Å². The summed E-state index contributed by atoms with van der Waals surface area (Å²) >= 11 is 0. The number of ether oxygens (including phenoxy) is 1. The molecule has 0 fully saturated rings. The van der Waals surface area contributed by atoms with Crippen molar-refractivity contribution in [2.75, 3.05) is 6.61 Å². The molecule has 0 spiro atoms. The lowest BCUT2D eigenvalue weighted by Gasteiger charge is -2.13. The maximum atomic E-state index is 11.0. The number of nitro benzene ring substituents is 1. The molecule has 21 heavy (non-hydrogen) atoms. The van der Waals surface area contributed by atoms with E-state index in [2.05, 4.69) is 13.8 Å². The van der Waals surface area contributed by atoms with Crippen LogP contribution in [0.1, 0.15) is 30.9 Å². The molecule has 0 saturated carbocycles. The summed E-state index contributed by atoms with van der Waals surface area (Å²) in [6, 6.07) is 14.7. The summed E-state index contributed by atoms with van der Waals surface area (Å²) in [5, 5.41) is 11.0. The van der Waals surface area contributed by atoms with Crippen LogP contribution in [0.4, 0.5) is 5.69 Å². The highest BCUT2D eigenvalue weighted by Gasteiger charge is 2.12. The van der Waals surface area contributed by atoms with E-state index < -0.39 is 0 Å². The van der Waals surface area contributed by atoms with Gasteiger partial charge < -0.3 is 4.74 Å². The first-order chi connectivity index (χ1) is 10.1. The lowest BCUT2D eigenvalue weighted by Crippen LogP contribution is -2.05. The topological polar surface area (TPSA) is 52.4 Å². The van der Waals surface area contributed by atoms with E-state index in [9.17, 15) is 10.1 Å². The highest BCUT2D eigenvalue weighted by molar-refractivity contribution is 5.40. The number of nitrogens with zero attached hydrogens (tertiary/aromatic N) is 1. The lowest BCUT2D eigenvalue weighted by molar-refractivity contribution is -0.385. The minimum Gasteiger partial charge on any atom is -0.493 e. The van der Waals surface area contributed by atoms with Crippen molar-refractivity contribution < 1.29 is 9.66 Å². The maximum absolute atomic E-state index is 11.0. The largest absolute Gasteiger partial charge is 0.493 e. The molecule has 0 aliphatic carbocycles. The van der Waals surface area contributed by atoms with Crippen LogP contribution in [0.15, 0.2) is 48.5 Å². The highest BCUT2D eigenvalue weighted by atomic mass is 16.6. The number of benzene rings is 2. The third-order valence-electron chi connectivity index (χ3n) is 3.36. The normalized spacial score (nSPS) is 10.6. The van der Waals surface area contributed by atoms with Gasteiger partial charge in [-0.25, -0.2) is 0 Å². The van der Waals surface area contributed by atoms with Gasteiger partial charge in [-0.1, -0.05) is 50.2 Å². The lowest BCUT2D eigenvalue weighted by atomic mass is 10.0. The first kappa shape index (κ1) is 15.0. The van der Waals surface area contributed by atoms with Gasteiger partial charge in [0.15, 0.2) is 0 Å². The third kappa shape index (κ3) is 3.81. The molecule has 0 bridgehead atoms. The van der Waals surface area contributed by atoms with E-state index in [-0.39, 0.29) is 10.6 Å². The van der Waals surface area contributed by atoms with Gasteiger partial charge in [-0.05, 0) is 17.5 Å². The van der Waals surface area contributed by atoms with Crippen LogP contribution in [0, 0.1) is 10.1 Å². The molecule has 0 atom stereocenters. The number of rotatable bonds is 6. The molecule has 110 valence electrons. The first-order valence-electron chi connectivity index (χ1n) is 7.03. The van der Waals surface area contributed by atoms with Crippen molar-refractivity contribution in [3.8, 4) is 5.75 Å². The van der Waals surface area contributed by atoms with Gasteiger partial charge >= 0.3 is 0 Å². The van der Waals surface area contributed by atoms with Crippen molar-refractivity contribution in [2.24, 2.45) is 0 Å². The molecule has 4 nitrogen and oxygen atoms in total. The molecule has 0 aliphatic rings. The standard InChI is InChI=1S/C17H19NO3/c1-13(2)15-8-4-6-10-17(15)21-12-11-14-7-3-5-9-16(14)18(19)20/h3-10,13H,11-12H2,1-2H3. The van der Waals surface area contributed by atoms with Crippen molar-refractivity contribution in [1.82, 2.24) is 0 Å². The van der Waals surface area contributed by atoms with Crippen LogP contribution in [0.3, 0.4) is 0 Å². The molecule has 0 unspecified atom stereocenters. The Bertz CT molecular complexity index is 623. The summed E-state index contributed by atoms with van der Waals surface area (Å²) in [4.78, 5) is 10.6. The van der Waals surface area contributed by atoms with Crippen LogP contribution >= 0.6 is 0 Å². The minimum absolute atomic E-state index is 0.151. The van der Waals surface area contributed by atoms with Gasteiger partial charge in [-0.2, -0.15) is 0 Å². The number of hydrogen-bond donors (Lipinski definition) is 0. The van der Waals surface area contributed by atoms with Gasteiger partial charge in [0.2, 0.25) is 0 Å². The Morgan fingerprint density at radius 2 is 1.76 bits per heavy atom. The second-order valence-electron chi connectivity index (χ2n) is 5.18. The number of hydrogen-bond acceptors (Lipinski definition) is 3. The zero-order valence-corrected chi connectivity index (χ0v) is 12.3. The molecule has 0 amide bonds. The van der Waals surface area contributed by atoms with Crippen molar-refractivity contribution in [3.63, 3.8) is 0 Å². The minimum atomic E-state index is -0.350. The Kier molecular flexibility index (Phi) is 4.93. The Hall–Kier alpha value is -2.36. The van der Waals surface area contributed by atoms with Gasteiger partial charge in [0.05, 0.1) is 11.5 Å². The Labute approximate surface area is 124 Å². The summed E-state index contributed by atoms with van der Waals surface area (Å²) in [5.74, 6) is 1.23. The second-order valence-corrected chi connectivity index (χ2v) is 5.18. The van der Waals surface area contributed by atoms with Crippen LogP contribution < -0.4 is 4.74 Å². The molecule has 0 N–H and O–H groups in total. The summed E-state index contributed by atoms with van der Waals surface area (Å²) in [5.41, 5.74) is 2.00. The van der Waals surface area contributed by atoms with E-state index >= 15 is 0 Å². The molecule has 0 radical (unpaired) electrons. The van der Waals surface area contributed by atoms with E-state index in [1.54, 1.807) is 12.1 Å². The summed E-state index contributed by atoms with van der Waals surface area (Å²) in [6.45, 7) is 4.66. The van der Waals surface area contributed by atoms with E-state index in [1.165, 1.54) is 6.07 Å². The second kappa shape index (κ2) is 6.88. The zero-order valence-electron chi connectivity index (χ0n) is 12.3. The molecule has 0 heterocycles. The van der Waals surface area contributed by atoms with E-state index in [1.807, 2.05) is 30.3 Å². The maximum Gasteiger partial charge on any atom is 0.272 e. The van der Waals surface area contributed by atoms with E-state index in [0.717, 1.165) is 11.3 Å². The van der Waals surface area contributed by atoms with Crippen molar-refractivity contribution in [1.29, 1.82) is 0 Å². The molecule has 0 aromatic heterocycles. The van der Waals surface area contributed by atoms with Crippen LogP contribution in [-0.2, 0) is 6.42 Å². The molecule has 0 aliphatic heterocycles. The summed E-state index contributed by atoms with van der Waals surface area (Å²) < 4.78 is 5.81. The highest BCUT2D eigenvalue weighted by Crippen LogP contribution is 2.26. The van der Waals surface area contributed by atoms with Crippen molar-refractivity contribution in [3.05, 3.63) is 69.8 Å². The van der Waals surface area contributed by atoms with Gasteiger partial charge in [0, 0.05) is 18.1 Å². The monoisotopic (exact) mass is 285 g/mol. The SMILES string of the molecule is CC(C)c1ccccc1OCCc1ccccc1[N+](=O)[O-]. The molecular weight excluding hydrogens is 266 g/mol. The van der Waals surface area contributed by atoms with Gasteiger partial charge in [-0.3, -0.25) is 10.1 Å². The zero-order chi connectivity index (χ0) is 15.2. The number of para-hydroxylation sites is 2. The third-order valence-corrected chi connectivity index (χ3v) is 3.36. The first-order valence-corrected chi connectivity index (χ1v) is 7.03. The Balaban J connectivity index is 2.04. The Morgan fingerprint density at radius 3 is 2.48 bits per heavy atom. The smallest absolute Gasteiger partial charge is 0.272 e. The molecule has 2 rings (SSSR count). The van der Waals surface area contributed by atoms with E-state index in [4.69, 9.17) is 4.74 Å². The van der Waals surface area contributed by atoms with Crippen LogP contribution in [0.25, 0.3) is 0 Å². The molecular formula is C17H19NO3. The molecule has 0 saturated heterocycles. The predicted octanol–water partition coefficient (Wildman–Crippen LogP) is 4.34. The molecule has 4 heteroatoms. The fraction of sp³-hybridized carbons (Fsp3) is 0.294. The van der Waals surface area contributed by atoms with Gasteiger partial charge in [-0.15, -0.1) is 0 Å². The average molecular weight is 285 g/mol. The molecule has 2 aromatic rings. The van der Waals surface area contributed by atoms with Crippen molar-refractivity contribution >= 4 is 5.69 Å². The van der Waals surface area contributed by atoms with Gasteiger partial charge in [0.25, 0.3) is 5.69 Å².